The molecule has 1 N–H and O–H groups in total. The van der Waals surface area contributed by atoms with Crippen molar-refractivity contribution < 1.29 is 23.1 Å². The van der Waals surface area contributed by atoms with Gasteiger partial charge in [-0.2, -0.15) is 4.31 Å². The van der Waals surface area contributed by atoms with E-state index >= 15 is 0 Å². The molecule has 174 valence electrons. The zero-order valence-electron chi connectivity index (χ0n) is 18.5. The Kier molecular flexibility index (Phi) is 6.85. The Labute approximate surface area is 197 Å². The second kappa shape index (κ2) is 9.64. The fourth-order valence-corrected chi connectivity index (χ4v) is 7.29. The number of hydrogen-bond donors (Lipinski definition) is 1. The molecule has 0 atom stereocenters. The van der Waals surface area contributed by atoms with Crippen LogP contribution in [-0.2, 0) is 40.8 Å². The molecule has 3 aromatic rings. The van der Waals surface area contributed by atoms with Crippen molar-refractivity contribution in [1.82, 2.24) is 9.21 Å². The van der Waals surface area contributed by atoms with Crippen molar-refractivity contribution in [3.8, 4) is 5.75 Å². The summed E-state index contributed by atoms with van der Waals surface area (Å²) in [6.07, 6.45) is 0.530. The number of nitrogens with zero attached hydrogens (tertiary/aromatic N) is 2. The third kappa shape index (κ3) is 4.81. The van der Waals surface area contributed by atoms with Gasteiger partial charge in [0.05, 0.1) is 12.7 Å². The van der Waals surface area contributed by atoms with Crippen molar-refractivity contribution in [3.05, 3.63) is 81.7 Å². The maximum Gasteiger partial charge on any atom is 0.340 e. The predicted molar refractivity (Wildman–Crippen MR) is 127 cm³/mol. The second-order valence-corrected chi connectivity index (χ2v) is 11.3. The maximum absolute atomic E-state index is 13.5. The highest BCUT2D eigenvalue weighted by atomic mass is 32.2. The van der Waals surface area contributed by atoms with E-state index in [1.165, 1.54) is 18.5 Å². The molecule has 0 saturated carbocycles. The van der Waals surface area contributed by atoms with Crippen molar-refractivity contribution in [2.24, 2.45) is 0 Å². The first-order valence-electron chi connectivity index (χ1n) is 10.5. The van der Waals surface area contributed by atoms with Gasteiger partial charge in [-0.05, 0) is 23.6 Å². The molecule has 1 aromatic heterocycles. The number of ether oxygens (including phenoxy) is 1. The van der Waals surface area contributed by atoms with Gasteiger partial charge in [0.2, 0.25) is 0 Å². The summed E-state index contributed by atoms with van der Waals surface area (Å²) in [7, 11) is -1.12. The van der Waals surface area contributed by atoms with Crippen LogP contribution in [-0.4, -0.2) is 49.4 Å². The Morgan fingerprint density at radius 2 is 1.85 bits per heavy atom. The molecule has 0 bridgehead atoms. The van der Waals surface area contributed by atoms with Gasteiger partial charge in [-0.15, -0.1) is 11.3 Å². The van der Waals surface area contributed by atoms with E-state index < -0.39 is 16.0 Å². The number of benzene rings is 2. The molecule has 0 aliphatic carbocycles. The van der Waals surface area contributed by atoms with Crippen LogP contribution in [0.4, 0.5) is 0 Å². The molecule has 0 fully saturated rings. The van der Waals surface area contributed by atoms with E-state index in [1.54, 1.807) is 12.1 Å². The molecule has 0 radical (unpaired) electrons. The molecule has 7 nitrogen and oxygen atoms in total. The maximum atomic E-state index is 13.5. The first kappa shape index (κ1) is 23.4. The molecule has 0 unspecified atom stereocenters. The molecule has 0 spiro atoms. The number of sulfonamides is 1. The zero-order chi connectivity index (χ0) is 23.6. The molecule has 0 saturated heterocycles. The number of phenols is 1. The number of methoxy groups -OCH3 is 1. The average molecular weight is 487 g/mol. The fraction of sp³-hybridized carbons (Fsp3) is 0.292. The molecule has 2 heterocycles. The third-order valence-electron chi connectivity index (χ3n) is 5.77. The van der Waals surface area contributed by atoms with Gasteiger partial charge in [0.15, 0.2) is 0 Å². The molecular formula is C24H26N2O5S2. The van der Waals surface area contributed by atoms with Crippen LogP contribution in [0.1, 0.15) is 31.9 Å². The van der Waals surface area contributed by atoms with E-state index in [-0.39, 0.29) is 22.1 Å². The molecule has 9 heteroatoms. The van der Waals surface area contributed by atoms with Crippen LogP contribution in [0.3, 0.4) is 0 Å². The SMILES string of the molecule is COC(=O)c1c(S(=O)(=O)N(C)Cc2ccccc2)sc2c1CCN(Cc1ccccc1O)C2. The van der Waals surface area contributed by atoms with Gasteiger partial charge >= 0.3 is 5.97 Å². The van der Waals surface area contributed by atoms with Gasteiger partial charge < -0.3 is 9.84 Å². The van der Waals surface area contributed by atoms with Gasteiger partial charge in [-0.3, -0.25) is 4.90 Å². The lowest BCUT2D eigenvalue weighted by Gasteiger charge is -2.27. The van der Waals surface area contributed by atoms with E-state index in [9.17, 15) is 18.3 Å². The Bertz CT molecular complexity index is 1260. The van der Waals surface area contributed by atoms with Crippen molar-refractivity contribution in [3.63, 3.8) is 0 Å². The summed E-state index contributed by atoms with van der Waals surface area (Å²) in [6.45, 7) is 1.87. The van der Waals surface area contributed by atoms with Gasteiger partial charge in [0.25, 0.3) is 10.0 Å². The Morgan fingerprint density at radius 3 is 2.55 bits per heavy atom. The molecule has 1 aliphatic heterocycles. The van der Waals surface area contributed by atoms with E-state index in [1.807, 2.05) is 42.5 Å². The topological polar surface area (TPSA) is 87.2 Å². The number of hydrogen-bond acceptors (Lipinski definition) is 7. The minimum atomic E-state index is -3.91. The highest BCUT2D eigenvalue weighted by Crippen LogP contribution is 2.38. The fourth-order valence-electron chi connectivity index (χ4n) is 4.01. The Balaban J connectivity index is 1.65. The first-order valence-corrected chi connectivity index (χ1v) is 12.8. The van der Waals surface area contributed by atoms with Crippen LogP contribution in [0.5, 0.6) is 5.75 Å². The predicted octanol–water partition coefficient (Wildman–Crippen LogP) is 3.62. The van der Waals surface area contributed by atoms with Gasteiger partial charge in [-0.1, -0.05) is 48.5 Å². The second-order valence-electron chi connectivity index (χ2n) is 7.99. The first-order chi connectivity index (χ1) is 15.8. The monoisotopic (exact) mass is 486 g/mol. The van der Waals surface area contributed by atoms with Gasteiger partial charge in [-0.25, -0.2) is 13.2 Å². The van der Waals surface area contributed by atoms with Crippen LogP contribution < -0.4 is 0 Å². The molecule has 4 rings (SSSR count). The number of rotatable bonds is 7. The summed E-state index contributed by atoms with van der Waals surface area (Å²) in [5.74, 6) is -0.399. The number of esters is 1. The summed E-state index contributed by atoms with van der Waals surface area (Å²) >= 11 is 1.14. The number of para-hydroxylation sites is 1. The van der Waals surface area contributed by atoms with Crippen molar-refractivity contribution in [2.75, 3.05) is 20.7 Å². The van der Waals surface area contributed by atoms with E-state index in [0.29, 0.717) is 26.1 Å². The zero-order valence-corrected chi connectivity index (χ0v) is 20.2. The molecule has 1 aliphatic rings. The summed E-state index contributed by atoms with van der Waals surface area (Å²) < 4.78 is 33.3. The number of carbonyl (C=O) groups is 1. The number of aromatic hydroxyl groups is 1. The summed E-state index contributed by atoms with van der Waals surface area (Å²) in [5, 5.41) is 10.1. The highest BCUT2D eigenvalue weighted by Gasteiger charge is 2.36. The molecule has 0 amide bonds. The lowest BCUT2D eigenvalue weighted by Crippen LogP contribution is -2.30. The Morgan fingerprint density at radius 1 is 1.15 bits per heavy atom. The van der Waals surface area contributed by atoms with E-state index in [4.69, 9.17) is 4.74 Å². The minimum absolute atomic E-state index is 0.0298. The van der Waals surface area contributed by atoms with Crippen LogP contribution >= 0.6 is 11.3 Å². The third-order valence-corrected chi connectivity index (χ3v) is 9.29. The van der Waals surface area contributed by atoms with Crippen LogP contribution in [0, 0.1) is 0 Å². The van der Waals surface area contributed by atoms with Crippen LogP contribution in [0.2, 0.25) is 0 Å². The summed E-state index contributed by atoms with van der Waals surface area (Å²) in [5.41, 5.74) is 2.56. The van der Waals surface area contributed by atoms with E-state index in [2.05, 4.69) is 4.90 Å². The molecular weight excluding hydrogens is 460 g/mol. The average Bonchev–Trinajstić information content (AvgIpc) is 3.20. The van der Waals surface area contributed by atoms with Crippen LogP contribution in [0.25, 0.3) is 0 Å². The number of thiophene rings is 1. The van der Waals surface area contributed by atoms with Crippen LogP contribution in [0.15, 0.2) is 58.8 Å². The smallest absolute Gasteiger partial charge is 0.340 e. The van der Waals surface area contributed by atoms with Gasteiger partial charge in [0, 0.05) is 43.7 Å². The quantitative estimate of drug-likeness (QED) is 0.514. The highest BCUT2D eigenvalue weighted by molar-refractivity contribution is 7.91. The number of phenolic OH excluding ortho intramolecular Hbond substituents is 1. The number of carbonyl (C=O) groups excluding carboxylic acids is 1. The lowest BCUT2D eigenvalue weighted by molar-refractivity contribution is 0.0595. The largest absolute Gasteiger partial charge is 0.508 e. The molecule has 33 heavy (non-hydrogen) atoms. The van der Waals surface area contributed by atoms with E-state index in [0.717, 1.165) is 32.9 Å². The Hall–Kier alpha value is -2.72. The van der Waals surface area contributed by atoms with Crippen molar-refractivity contribution in [2.45, 2.75) is 30.3 Å². The summed E-state index contributed by atoms with van der Waals surface area (Å²) in [4.78, 5) is 15.6. The van der Waals surface area contributed by atoms with Gasteiger partial charge in [0.1, 0.15) is 9.96 Å². The molecule has 2 aromatic carbocycles. The number of fused-ring (bicyclic) bond motifs is 1. The minimum Gasteiger partial charge on any atom is -0.508 e. The standard InChI is InChI=1S/C24H26N2O5S2/c1-25(14-17-8-4-3-5-9-17)33(29,30)24-22(23(28)31-2)19-12-13-26(16-21(19)32-24)15-18-10-6-7-11-20(18)27/h3-11,27H,12-16H2,1-2H3. The summed E-state index contributed by atoms with van der Waals surface area (Å²) in [6, 6.07) is 16.5. The normalized spacial score (nSPS) is 14.3. The lowest BCUT2D eigenvalue weighted by atomic mass is 10.0. The van der Waals surface area contributed by atoms with Crippen molar-refractivity contribution >= 4 is 27.3 Å². The van der Waals surface area contributed by atoms with Crippen molar-refractivity contribution in [1.29, 1.82) is 0 Å².